The van der Waals surface area contributed by atoms with Gasteiger partial charge >= 0.3 is 0 Å². The zero-order chi connectivity index (χ0) is 17.6. The number of amides is 1. The lowest BCUT2D eigenvalue weighted by atomic mass is 10.2. The van der Waals surface area contributed by atoms with Crippen LogP contribution in [0.3, 0.4) is 0 Å². The van der Waals surface area contributed by atoms with E-state index >= 15 is 0 Å². The number of nitrogens with one attached hydrogen (secondary N) is 2. The Labute approximate surface area is 151 Å². The predicted octanol–water partition coefficient (Wildman–Crippen LogP) is 4.30. The van der Waals surface area contributed by atoms with Crippen molar-refractivity contribution in [3.63, 3.8) is 0 Å². The molecule has 0 spiro atoms. The normalized spacial score (nSPS) is 10.3. The molecule has 0 saturated heterocycles. The number of hydrogen-bond acceptors (Lipinski definition) is 4. The molecule has 0 aliphatic carbocycles. The topological polar surface area (TPSA) is 66.9 Å². The van der Waals surface area contributed by atoms with Crippen LogP contribution in [-0.4, -0.2) is 15.9 Å². The number of anilines is 2. The minimum absolute atomic E-state index is 0.211. The molecule has 0 radical (unpaired) electrons. The highest BCUT2D eigenvalue weighted by atomic mass is 35.5. The third-order valence-electron chi connectivity index (χ3n) is 3.73. The van der Waals surface area contributed by atoms with Gasteiger partial charge in [-0.05, 0) is 48.4 Å². The molecule has 1 aromatic carbocycles. The lowest BCUT2D eigenvalue weighted by Gasteiger charge is -2.10. The first kappa shape index (κ1) is 16.9. The number of benzene rings is 1. The van der Waals surface area contributed by atoms with Crippen LogP contribution in [0, 0.1) is 6.92 Å². The van der Waals surface area contributed by atoms with Crippen LogP contribution in [0.15, 0.2) is 61.1 Å². The summed E-state index contributed by atoms with van der Waals surface area (Å²) >= 11 is 6.09. The quantitative estimate of drug-likeness (QED) is 0.718. The minimum Gasteiger partial charge on any atom is -0.366 e. The highest BCUT2D eigenvalue weighted by Gasteiger charge is 2.10. The molecule has 6 heteroatoms. The third kappa shape index (κ3) is 4.33. The van der Waals surface area contributed by atoms with Gasteiger partial charge in [0.15, 0.2) is 0 Å². The molecule has 126 valence electrons. The van der Waals surface area contributed by atoms with Crippen molar-refractivity contribution in [3.05, 3.63) is 82.8 Å². The summed E-state index contributed by atoms with van der Waals surface area (Å²) in [6.45, 7) is 2.45. The fraction of sp³-hybridized carbons (Fsp3) is 0.105. The molecular weight excluding hydrogens is 336 g/mol. The van der Waals surface area contributed by atoms with Gasteiger partial charge in [-0.25, -0.2) is 4.98 Å². The van der Waals surface area contributed by atoms with Crippen molar-refractivity contribution < 1.29 is 4.79 Å². The number of hydrogen-bond donors (Lipinski definition) is 2. The molecule has 2 aromatic heterocycles. The number of aromatic nitrogens is 2. The maximum Gasteiger partial charge on any atom is 0.255 e. The molecule has 5 nitrogen and oxygen atoms in total. The van der Waals surface area contributed by atoms with Crippen LogP contribution in [0.25, 0.3) is 0 Å². The zero-order valence-electron chi connectivity index (χ0n) is 13.7. The van der Waals surface area contributed by atoms with E-state index < -0.39 is 0 Å². The second-order valence-electron chi connectivity index (χ2n) is 5.51. The molecule has 0 saturated carbocycles. The number of rotatable bonds is 5. The van der Waals surface area contributed by atoms with Gasteiger partial charge in [0, 0.05) is 41.4 Å². The summed E-state index contributed by atoms with van der Waals surface area (Å²) in [7, 11) is 0. The van der Waals surface area contributed by atoms with Crippen molar-refractivity contribution >= 4 is 29.0 Å². The highest BCUT2D eigenvalue weighted by molar-refractivity contribution is 6.31. The van der Waals surface area contributed by atoms with Crippen LogP contribution in [0.2, 0.25) is 5.02 Å². The van der Waals surface area contributed by atoms with E-state index in [1.54, 1.807) is 42.9 Å². The fourth-order valence-electron chi connectivity index (χ4n) is 2.30. The predicted molar refractivity (Wildman–Crippen MR) is 99.9 cm³/mol. The molecular formula is C19H17ClN4O. The molecule has 0 fully saturated rings. The van der Waals surface area contributed by atoms with Crippen molar-refractivity contribution in [3.8, 4) is 0 Å². The molecule has 1 amide bonds. The first-order valence-electron chi connectivity index (χ1n) is 7.79. The molecule has 3 rings (SSSR count). The molecule has 0 aliphatic rings. The van der Waals surface area contributed by atoms with Crippen LogP contribution in [0.1, 0.15) is 21.5 Å². The number of carbonyl (C=O) groups excluding carboxylic acids is 1. The number of carbonyl (C=O) groups is 1. The molecule has 2 N–H and O–H groups in total. The summed E-state index contributed by atoms with van der Waals surface area (Å²) in [6, 6.07) is 12.6. The SMILES string of the molecule is Cc1c(Cl)cccc1NC(=O)c1ccnc(NCc2cccnc2)c1. The van der Waals surface area contributed by atoms with Crippen LogP contribution >= 0.6 is 11.6 Å². The first-order valence-corrected chi connectivity index (χ1v) is 8.16. The summed E-state index contributed by atoms with van der Waals surface area (Å²) in [5.74, 6) is 0.413. The summed E-state index contributed by atoms with van der Waals surface area (Å²) in [6.07, 6.45) is 5.11. The highest BCUT2D eigenvalue weighted by Crippen LogP contribution is 2.23. The Morgan fingerprint density at radius 2 is 2.04 bits per heavy atom. The van der Waals surface area contributed by atoms with Crippen LogP contribution < -0.4 is 10.6 Å². The molecule has 0 unspecified atom stereocenters. The Kier molecular flexibility index (Phi) is 5.26. The van der Waals surface area contributed by atoms with Crippen molar-refractivity contribution in [1.29, 1.82) is 0 Å². The Bertz CT molecular complexity index is 884. The summed E-state index contributed by atoms with van der Waals surface area (Å²) in [4.78, 5) is 20.8. The first-order chi connectivity index (χ1) is 12.1. The lowest BCUT2D eigenvalue weighted by molar-refractivity contribution is 0.102. The smallest absolute Gasteiger partial charge is 0.255 e. The monoisotopic (exact) mass is 352 g/mol. The van der Waals surface area contributed by atoms with Gasteiger partial charge in [-0.15, -0.1) is 0 Å². The van der Waals surface area contributed by atoms with Crippen molar-refractivity contribution in [2.24, 2.45) is 0 Å². The van der Waals surface area contributed by atoms with Crippen LogP contribution in [0.4, 0.5) is 11.5 Å². The average molecular weight is 353 g/mol. The van der Waals surface area contributed by atoms with Gasteiger partial charge in [-0.3, -0.25) is 9.78 Å². The van der Waals surface area contributed by atoms with Crippen LogP contribution in [-0.2, 0) is 6.54 Å². The van der Waals surface area contributed by atoms with Crippen molar-refractivity contribution in [1.82, 2.24) is 9.97 Å². The second-order valence-corrected chi connectivity index (χ2v) is 5.92. The van der Waals surface area contributed by atoms with Gasteiger partial charge in [-0.2, -0.15) is 0 Å². The Morgan fingerprint density at radius 1 is 1.16 bits per heavy atom. The molecule has 2 heterocycles. The maximum absolute atomic E-state index is 12.5. The Balaban J connectivity index is 1.70. The van der Waals surface area contributed by atoms with E-state index in [1.165, 1.54) is 0 Å². The van der Waals surface area contributed by atoms with Crippen molar-refractivity contribution in [2.75, 3.05) is 10.6 Å². The van der Waals surface area contributed by atoms with Gasteiger partial charge in [0.1, 0.15) is 5.82 Å². The molecule has 3 aromatic rings. The van der Waals surface area contributed by atoms with E-state index in [2.05, 4.69) is 20.6 Å². The van der Waals surface area contributed by atoms with E-state index in [4.69, 9.17) is 11.6 Å². The fourth-order valence-corrected chi connectivity index (χ4v) is 2.48. The Morgan fingerprint density at radius 3 is 2.84 bits per heavy atom. The van der Waals surface area contributed by atoms with E-state index in [-0.39, 0.29) is 5.91 Å². The molecule has 0 bridgehead atoms. The second kappa shape index (κ2) is 7.77. The molecule has 0 atom stereocenters. The van der Waals surface area contributed by atoms with Gasteiger partial charge in [0.25, 0.3) is 5.91 Å². The number of halogens is 1. The molecule has 25 heavy (non-hydrogen) atoms. The van der Waals surface area contributed by atoms with Crippen molar-refractivity contribution in [2.45, 2.75) is 13.5 Å². The van der Waals surface area contributed by atoms with Gasteiger partial charge in [0.2, 0.25) is 0 Å². The largest absolute Gasteiger partial charge is 0.366 e. The van der Waals surface area contributed by atoms with E-state index in [0.29, 0.717) is 28.6 Å². The standard InChI is InChI=1S/C19H17ClN4O/c1-13-16(20)5-2-6-17(13)24-19(25)15-7-9-22-18(10-15)23-12-14-4-3-8-21-11-14/h2-11H,12H2,1H3,(H,22,23)(H,24,25). The molecule has 0 aliphatic heterocycles. The Hall–Kier alpha value is -2.92. The van der Waals surface area contributed by atoms with Gasteiger partial charge in [-0.1, -0.05) is 23.7 Å². The summed E-state index contributed by atoms with van der Waals surface area (Å²) in [5.41, 5.74) is 3.08. The van der Waals surface area contributed by atoms with Gasteiger partial charge < -0.3 is 10.6 Å². The summed E-state index contributed by atoms with van der Waals surface area (Å²) in [5, 5.41) is 6.68. The number of nitrogens with zero attached hydrogens (tertiary/aromatic N) is 2. The lowest BCUT2D eigenvalue weighted by Crippen LogP contribution is -2.13. The van der Waals surface area contributed by atoms with Crippen LogP contribution in [0.5, 0.6) is 0 Å². The number of pyridine rings is 2. The summed E-state index contributed by atoms with van der Waals surface area (Å²) < 4.78 is 0. The maximum atomic E-state index is 12.5. The third-order valence-corrected chi connectivity index (χ3v) is 4.14. The van der Waals surface area contributed by atoms with E-state index in [9.17, 15) is 4.79 Å². The zero-order valence-corrected chi connectivity index (χ0v) is 14.4. The van der Waals surface area contributed by atoms with E-state index in [1.807, 2.05) is 25.1 Å². The minimum atomic E-state index is -0.211. The van der Waals surface area contributed by atoms with E-state index in [0.717, 1.165) is 11.1 Å². The average Bonchev–Trinajstić information content (AvgIpc) is 2.65. The van der Waals surface area contributed by atoms with Gasteiger partial charge in [0.05, 0.1) is 0 Å².